The molecule has 22 heavy (non-hydrogen) atoms. The Balaban J connectivity index is 2.23. The number of hydrogen-bond donors (Lipinski definition) is 2. The second kappa shape index (κ2) is 5.45. The van der Waals surface area contributed by atoms with E-state index >= 15 is 0 Å². The van der Waals surface area contributed by atoms with Crippen molar-refractivity contribution >= 4 is 33.5 Å². The molecule has 1 saturated heterocycles. The zero-order valence-electron chi connectivity index (χ0n) is 12.5. The van der Waals surface area contributed by atoms with Gasteiger partial charge in [0.05, 0.1) is 36.0 Å². The third-order valence-electron chi connectivity index (χ3n) is 3.87. The minimum atomic E-state index is -2.85. The summed E-state index contributed by atoms with van der Waals surface area (Å²) in [6, 6.07) is 3.35. The minimum absolute atomic E-state index is 0.339. The van der Waals surface area contributed by atoms with Gasteiger partial charge in [0.15, 0.2) is 0 Å². The largest absolute Gasteiger partial charge is 0.465 e. The molecule has 0 unspecified atom stereocenters. The van der Waals surface area contributed by atoms with Crippen molar-refractivity contribution in [3.63, 3.8) is 0 Å². The molecule has 0 radical (unpaired) electrons. The number of rotatable bonds is 3. The molecule has 0 atom stereocenters. The van der Waals surface area contributed by atoms with Gasteiger partial charge in [0.2, 0.25) is 0 Å². The highest BCUT2D eigenvalue weighted by Gasteiger charge is 2.31. The molecular formula is C14H19N3O4S. The number of esters is 1. The second-order valence-corrected chi connectivity index (χ2v) is 7.29. The maximum absolute atomic E-state index is 11.9. The molecule has 2 aromatic rings. The van der Waals surface area contributed by atoms with Crippen LogP contribution >= 0.6 is 10.8 Å². The van der Waals surface area contributed by atoms with Gasteiger partial charge in [0.25, 0.3) is 0 Å². The van der Waals surface area contributed by atoms with Gasteiger partial charge in [-0.05, 0) is 25.5 Å². The second-order valence-electron chi connectivity index (χ2n) is 5.18. The maximum atomic E-state index is 11.9. The number of carbonyl (C=O) groups is 1. The molecule has 2 heterocycles. The van der Waals surface area contributed by atoms with Crippen LogP contribution in [0.15, 0.2) is 18.5 Å². The molecule has 1 aromatic heterocycles. The van der Waals surface area contributed by atoms with E-state index < -0.39 is 16.7 Å². The average Bonchev–Trinajstić information content (AvgIpc) is 3.07. The van der Waals surface area contributed by atoms with Gasteiger partial charge >= 0.3 is 5.97 Å². The highest BCUT2D eigenvalue weighted by molar-refractivity contribution is 8.25. The summed E-state index contributed by atoms with van der Waals surface area (Å²) >= 11 is 0. The predicted octanol–water partition coefficient (Wildman–Crippen LogP) is 2.72. The van der Waals surface area contributed by atoms with E-state index in [1.54, 1.807) is 22.8 Å². The first kappa shape index (κ1) is 15.1. The van der Waals surface area contributed by atoms with Crippen molar-refractivity contribution in [2.24, 2.45) is 0 Å². The predicted molar refractivity (Wildman–Crippen MR) is 86.4 cm³/mol. The van der Waals surface area contributed by atoms with Crippen LogP contribution in [0.1, 0.15) is 23.7 Å². The van der Waals surface area contributed by atoms with Crippen molar-refractivity contribution in [2.75, 3.05) is 23.7 Å². The van der Waals surface area contributed by atoms with Crippen LogP contribution in [0.5, 0.6) is 0 Å². The van der Waals surface area contributed by atoms with Gasteiger partial charge in [-0.25, -0.2) is 9.78 Å². The topological polar surface area (TPSA) is 87.8 Å². The highest BCUT2D eigenvalue weighted by atomic mass is 32.3. The van der Waals surface area contributed by atoms with Crippen molar-refractivity contribution < 1.29 is 18.6 Å². The molecule has 120 valence electrons. The highest BCUT2D eigenvalue weighted by Crippen LogP contribution is 2.52. The lowest BCUT2D eigenvalue weighted by atomic mass is 10.1. The Morgan fingerprint density at radius 3 is 2.82 bits per heavy atom. The summed E-state index contributed by atoms with van der Waals surface area (Å²) in [6.45, 7) is 3.22. The molecule has 1 aromatic carbocycles. The van der Waals surface area contributed by atoms with E-state index in [9.17, 15) is 13.9 Å². The van der Waals surface area contributed by atoms with Gasteiger partial charge in [0, 0.05) is 13.1 Å². The van der Waals surface area contributed by atoms with E-state index in [4.69, 9.17) is 4.74 Å². The lowest BCUT2D eigenvalue weighted by Gasteiger charge is -2.38. The van der Waals surface area contributed by atoms with Gasteiger partial charge in [-0.1, -0.05) is 0 Å². The smallest absolute Gasteiger partial charge is 0.338 e. The maximum Gasteiger partial charge on any atom is 0.338 e. The molecule has 7 nitrogen and oxygen atoms in total. The van der Waals surface area contributed by atoms with Crippen LogP contribution in [0.4, 0.5) is 5.69 Å². The van der Waals surface area contributed by atoms with Crippen LogP contribution in [0, 0.1) is 0 Å². The van der Waals surface area contributed by atoms with Crippen LogP contribution in [-0.2, 0) is 11.3 Å². The standard InChI is InChI=1S/C14H19N3O4S/c1-3-16-9-15-13-11(16)7-10(14(18)21-2)8-12(13)17-5-4-6-22(17,19)20/h7-9,19-20H,3-6H2,1-2H3. The fraction of sp³-hybridized carbons (Fsp3) is 0.429. The summed E-state index contributed by atoms with van der Waals surface area (Å²) < 4.78 is 28.7. The van der Waals surface area contributed by atoms with E-state index in [0.717, 1.165) is 5.52 Å². The molecule has 1 aliphatic rings. The van der Waals surface area contributed by atoms with Crippen LogP contribution < -0.4 is 4.31 Å². The van der Waals surface area contributed by atoms with Crippen LogP contribution in [-0.4, -0.2) is 44.0 Å². The molecule has 0 amide bonds. The van der Waals surface area contributed by atoms with Gasteiger partial charge in [0.1, 0.15) is 5.52 Å². The number of fused-ring (bicyclic) bond motifs is 1. The Hall–Kier alpha value is -1.77. The van der Waals surface area contributed by atoms with E-state index in [1.165, 1.54) is 7.11 Å². The van der Waals surface area contributed by atoms with Crippen LogP contribution in [0.25, 0.3) is 11.0 Å². The molecule has 0 saturated carbocycles. The number of ether oxygens (including phenoxy) is 1. The fourth-order valence-corrected chi connectivity index (χ4v) is 4.37. The summed E-state index contributed by atoms with van der Waals surface area (Å²) in [5.74, 6) is -0.117. The molecular weight excluding hydrogens is 306 g/mol. The number of carbonyl (C=O) groups excluding carboxylic acids is 1. The molecule has 2 N–H and O–H groups in total. The monoisotopic (exact) mass is 325 g/mol. The zero-order chi connectivity index (χ0) is 15.9. The van der Waals surface area contributed by atoms with Gasteiger partial charge in [-0.3, -0.25) is 13.4 Å². The lowest BCUT2D eigenvalue weighted by molar-refractivity contribution is 0.0601. The quantitative estimate of drug-likeness (QED) is 0.844. The summed E-state index contributed by atoms with van der Waals surface area (Å²) in [5, 5.41) is 0. The van der Waals surface area contributed by atoms with Crippen molar-refractivity contribution in [3.05, 3.63) is 24.0 Å². The summed E-state index contributed by atoms with van der Waals surface area (Å²) in [5.41, 5.74) is 2.39. The molecule has 3 rings (SSSR count). The molecule has 8 heteroatoms. The fourth-order valence-electron chi connectivity index (χ4n) is 2.76. The van der Waals surface area contributed by atoms with Crippen molar-refractivity contribution in [3.8, 4) is 0 Å². The summed E-state index contributed by atoms with van der Waals surface area (Å²) in [4.78, 5) is 16.3. The number of imidazole rings is 1. The number of aryl methyl sites for hydroxylation is 1. The normalized spacial score (nSPS) is 18.6. The van der Waals surface area contributed by atoms with Crippen molar-refractivity contribution in [2.45, 2.75) is 19.9 Å². The van der Waals surface area contributed by atoms with Gasteiger partial charge in [-0.15, -0.1) is 10.8 Å². The Kier molecular flexibility index (Phi) is 3.75. The van der Waals surface area contributed by atoms with E-state index in [1.807, 2.05) is 11.5 Å². The number of benzene rings is 1. The Labute approximate surface area is 130 Å². The summed E-state index contributed by atoms with van der Waals surface area (Å²) in [6.07, 6.45) is 2.39. The van der Waals surface area contributed by atoms with Crippen molar-refractivity contribution in [1.82, 2.24) is 9.55 Å². The summed E-state index contributed by atoms with van der Waals surface area (Å²) in [7, 11) is -1.52. The molecule has 1 aliphatic heterocycles. The number of anilines is 1. The Morgan fingerprint density at radius 1 is 1.45 bits per heavy atom. The third kappa shape index (κ3) is 2.33. The number of hydrogen-bond acceptors (Lipinski definition) is 6. The molecule has 1 fully saturated rings. The first-order valence-corrected chi connectivity index (χ1v) is 8.76. The SMILES string of the molecule is CCn1cnc2c(N3CCCS3(O)O)cc(C(=O)OC)cc21. The van der Waals surface area contributed by atoms with Gasteiger partial charge < -0.3 is 9.30 Å². The van der Waals surface area contributed by atoms with E-state index in [0.29, 0.717) is 42.0 Å². The first-order valence-electron chi connectivity index (χ1n) is 7.08. The first-order chi connectivity index (χ1) is 10.5. The Bertz CT molecular complexity index is 728. The number of aromatic nitrogens is 2. The minimum Gasteiger partial charge on any atom is -0.465 e. The van der Waals surface area contributed by atoms with E-state index in [-0.39, 0.29) is 0 Å². The zero-order valence-corrected chi connectivity index (χ0v) is 13.3. The van der Waals surface area contributed by atoms with Crippen molar-refractivity contribution in [1.29, 1.82) is 0 Å². The number of methoxy groups -OCH3 is 1. The molecule has 0 spiro atoms. The lowest BCUT2D eigenvalue weighted by Crippen LogP contribution is -2.22. The molecule has 0 aliphatic carbocycles. The number of nitrogens with zero attached hydrogens (tertiary/aromatic N) is 3. The third-order valence-corrected chi connectivity index (χ3v) is 5.79. The van der Waals surface area contributed by atoms with Crippen LogP contribution in [0.2, 0.25) is 0 Å². The van der Waals surface area contributed by atoms with Crippen LogP contribution in [0.3, 0.4) is 0 Å². The average molecular weight is 325 g/mol. The van der Waals surface area contributed by atoms with Gasteiger partial charge in [-0.2, -0.15) is 0 Å². The Morgan fingerprint density at radius 2 is 2.23 bits per heavy atom. The molecule has 0 bridgehead atoms. The van der Waals surface area contributed by atoms with E-state index in [2.05, 4.69) is 4.98 Å².